The molecule has 5 heteroatoms. The van der Waals surface area contributed by atoms with Gasteiger partial charge < -0.3 is 5.11 Å². The van der Waals surface area contributed by atoms with E-state index < -0.39 is 0 Å². The van der Waals surface area contributed by atoms with Crippen LogP contribution in [0.4, 0.5) is 0 Å². The first-order chi connectivity index (χ1) is 9.72. The van der Waals surface area contributed by atoms with Gasteiger partial charge in [0.25, 0.3) is 0 Å². The van der Waals surface area contributed by atoms with Gasteiger partial charge in [-0.2, -0.15) is 0 Å². The van der Waals surface area contributed by atoms with E-state index in [-0.39, 0.29) is 24.1 Å². The van der Waals surface area contributed by atoms with Gasteiger partial charge in [0, 0.05) is 5.41 Å². The summed E-state index contributed by atoms with van der Waals surface area (Å²) in [6.07, 6.45) is 10.4. The predicted octanol–water partition coefficient (Wildman–Crippen LogP) is 2.53. The van der Waals surface area contributed by atoms with Crippen LogP contribution in [0.1, 0.15) is 58.3 Å². The standard InChI is InChI=1S/C15H24N2O3/c1-2-6-13(16-11-19)9-14(17-12-20)15(10-18)7-4-3-5-8-15/h13-14,18H,2-10H2,1H3. The summed E-state index contributed by atoms with van der Waals surface area (Å²) >= 11 is 0. The second kappa shape index (κ2) is 8.80. The third-order valence-corrected chi connectivity index (χ3v) is 4.43. The van der Waals surface area contributed by atoms with Gasteiger partial charge in [0.2, 0.25) is 12.2 Å². The molecule has 1 aliphatic carbocycles. The zero-order valence-electron chi connectivity index (χ0n) is 12.2. The number of nitrogens with zero attached hydrogens (tertiary/aromatic N) is 2. The molecular weight excluding hydrogens is 256 g/mol. The Morgan fingerprint density at radius 1 is 1.15 bits per heavy atom. The van der Waals surface area contributed by atoms with E-state index >= 15 is 0 Å². The van der Waals surface area contributed by atoms with Crippen molar-refractivity contribution < 1.29 is 14.7 Å². The lowest BCUT2D eigenvalue weighted by Crippen LogP contribution is -2.41. The Morgan fingerprint density at radius 3 is 2.30 bits per heavy atom. The van der Waals surface area contributed by atoms with Crippen molar-refractivity contribution in [3.63, 3.8) is 0 Å². The Hall–Kier alpha value is -1.28. The van der Waals surface area contributed by atoms with Crippen molar-refractivity contribution in [2.45, 2.75) is 70.4 Å². The van der Waals surface area contributed by atoms with E-state index in [0.717, 1.165) is 44.9 Å². The van der Waals surface area contributed by atoms with Gasteiger partial charge in [-0.25, -0.2) is 19.6 Å². The SMILES string of the molecule is CCCC(CC(N=C=O)C1(CO)CCCCC1)N=C=O. The highest BCUT2D eigenvalue weighted by molar-refractivity contribution is 5.35. The van der Waals surface area contributed by atoms with Gasteiger partial charge >= 0.3 is 0 Å². The number of aliphatic imine (C=N–C) groups is 2. The summed E-state index contributed by atoms with van der Waals surface area (Å²) < 4.78 is 0. The molecule has 1 aliphatic rings. The first kappa shape index (κ1) is 16.8. The molecule has 0 radical (unpaired) electrons. The molecule has 0 heterocycles. The maximum atomic E-state index is 10.7. The molecule has 0 aromatic heterocycles. The highest BCUT2D eigenvalue weighted by atomic mass is 16.3. The van der Waals surface area contributed by atoms with Crippen molar-refractivity contribution in [3.8, 4) is 0 Å². The summed E-state index contributed by atoms with van der Waals surface area (Å²) in [5, 5.41) is 9.81. The van der Waals surface area contributed by atoms with E-state index in [1.54, 1.807) is 12.2 Å². The van der Waals surface area contributed by atoms with Gasteiger partial charge in [0.05, 0.1) is 18.7 Å². The summed E-state index contributed by atoms with van der Waals surface area (Å²) in [7, 11) is 0. The highest BCUT2D eigenvalue weighted by Gasteiger charge is 2.40. The fourth-order valence-electron chi connectivity index (χ4n) is 3.26. The van der Waals surface area contributed by atoms with E-state index in [0.29, 0.717) is 6.42 Å². The van der Waals surface area contributed by atoms with Crippen LogP contribution in [-0.4, -0.2) is 36.0 Å². The third kappa shape index (κ3) is 4.38. The van der Waals surface area contributed by atoms with Crippen LogP contribution in [0.5, 0.6) is 0 Å². The minimum Gasteiger partial charge on any atom is -0.396 e. The fraction of sp³-hybridized carbons (Fsp3) is 0.867. The van der Waals surface area contributed by atoms with Crippen LogP contribution in [0, 0.1) is 5.41 Å². The zero-order chi connectivity index (χ0) is 14.8. The van der Waals surface area contributed by atoms with E-state index in [2.05, 4.69) is 9.98 Å². The smallest absolute Gasteiger partial charge is 0.235 e. The number of aliphatic hydroxyl groups excluding tert-OH is 1. The van der Waals surface area contributed by atoms with E-state index in [4.69, 9.17) is 0 Å². The largest absolute Gasteiger partial charge is 0.396 e. The Labute approximate surface area is 120 Å². The zero-order valence-corrected chi connectivity index (χ0v) is 12.2. The second-order valence-corrected chi connectivity index (χ2v) is 5.72. The lowest BCUT2D eigenvalue weighted by molar-refractivity contribution is 0.0517. The molecule has 5 nitrogen and oxygen atoms in total. The summed E-state index contributed by atoms with van der Waals surface area (Å²) in [5.41, 5.74) is -0.347. The van der Waals surface area contributed by atoms with Crippen molar-refractivity contribution in [1.29, 1.82) is 0 Å². The monoisotopic (exact) mass is 280 g/mol. The van der Waals surface area contributed by atoms with Gasteiger partial charge in [-0.05, 0) is 25.7 Å². The molecule has 0 aromatic carbocycles. The lowest BCUT2D eigenvalue weighted by atomic mass is 9.68. The van der Waals surface area contributed by atoms with Crippen molar-refractivity contribution in [2.24, 2.45) is 15.4 Å². The van der Waals surface area contributed by atoms with Gasteiger partial charge in [0.1, 0.15) is 0 Å². The summed E-state index contributed by atoms with van der Waals surface area (Å²) in [4.78, 5) is 29.0. The molecule has 0 aliphatic heterocycles. The molecular formula is C15H24N2O3. The van der Waals surface area contributed by atoms with Gasteiger partial charge in [0.15, 0.2) is 0 Å². The first-order valence-electron chi connectivity index (χ1n) is 7.47. The maximum absolute atomic E-state index is 10.7. The molecule has 0 bridgehead atoms. The molecule has 20 heavy (non-hydrogen) atoms. The Morgan fingerprint density at radius 2 is 1.80 bits per heavy atom. The minimum absolute atomic E-state index is 0.0203. The number of hydrogen-bond donors (Lipinski definition) is 1. The number of hydrogen-bond acceptors (Lipinski definition) is 5. The van der Waals surface area contributed by atoms with Crippen LogP contribution >= 0.6 is 0 Å². The molecule has 1 N–H and O–H groups in total. The Kier molecular flexibility index (Phi) is 7.38. The number of aliphatic hydroxyl groups is 1. The number of isocyanates is 2. The molecule has 0 amide bonds. The van der Waals surface area contributed by atoms with Crippen molar-refractivity contribution in [1.82, 2.24) is 0 Å². The van der Waals surface area contributed by atoms with Gasteiger partial charge in [-0.1, -0.05) is 32.6 Å². The van der Waals surface area contributed by atoms with Crippen LogP contribution in [0.25, 0.3) is 0 Å². The average Bonchev–Trinajstić information content (AvgIpc) is 2.48. The number of carbonyl (C=O) groups excluding carboxylic acids is 2. The van der Waals surface area contributed by atoms with Crippen LogP contribution in [0.2, 0.25) is 0 Å². The van der Waals surface area contributed by atoms with Crippen LogP contribution in [0.3, 0.4) is 0 Å². The molecule has 0 saturated heterocycles. The summed E-state index contributed by atoms with van der Waals surface area (Å²) in [5.74, 6) is 0. The normalized spacial score (nSPS) is 20.3. The summed E-state index contributed by atoms with van der Waals surface area (Å²) in [6.45, 7) is 2.04. The Bertz CT molecular complexity index is 379. The van der Waals surface area contributed by atoms with Gasteiger partial charge in [-0.3, -0.25) is 0 Å². The van der Waals surface area contributed by atoms with Crippen LogP contribution in [0.15, 0.2) is 9.98 Å². The number of rotatable bonds is 8. The average molecular weight is 280 g/mol. The minimum atomic E-state index is -0.347. The first-order valence-corrected chi connectivity index (χ1v) is 7.47. The highest BCUT2D eigenvalue weighted by Crippen LogP contribution is 2.42. The van der Waals surface area contributed by atoms with Crippen molar-refractivity contribution in [2.75, 3.05) is 6.61 Å². The summed E-state index contributed by atoms with van der Waals surface area (Å²) in [6, 6.07) is -0.482. The fourth-order valence-corrected chi connectivity index (χ4v) is 3.26. The third-order valence-electron chi connectivity index (χ3n) is 4.43. The predicted molar refractivity (Wildman–Crippen MR) is 75.9 cm³/mol. The van der Waals surface area contributed by atoms with Crippen molar-refractivity contribution >= 4 is 12.2 Å². The Balaban J connectivity index is 2.90. The van der Waals surface area contributed by atoms with Crippen molar-refractivity contribution in [3.05, 3.63) is 0 Å². The lowest BCUT2D eigenvalue weighted by Gasteiger charge is -2.40. The molecule has 1 rings (SSSR count). The van der Waals surface area contributed by atoms with Crippen LogP contribution < -0.4 is 0 Å². The topological polar surface area (TPSA) is 79.1 Å². The molecule has 2 atom stereocenters. The van der Waals surface area contributed by atoms with Crippen LogP contribution in [-0.2, 0) is 9.59 Å². The molecule has 1 fully saturated rings. The van der Waals surface area contributed by atoms with E-state index in [9.17, 15) is 14.7 Å². The van der Waals surface area contributed by atoms with E-state index in [1.165, 1.54) is 0 Å². The molecule has 0 aromatic rings. The molecule has 112 valence electrons. The second-order valence-electron chi connectivity index (χ2n) is 5.72. The van der Waals surface area contributed by atoms with Gasteiger partial charge in [-0.15, -0.1) is 0 Å². The van der Waals surface area contributed by atoms with E-state index in [1.807, 2.05) is 6.92 Å². The molecule has 1 saturated carbocycles. The molecule has 0 spiro atoms. The molecule has 2 unspecified atom stereocenters. The maximum Gasteiger partial charge on any atom is 0.235 e. The quantitative estimate of drug-likeness (QED) is 0.548.